The van der Waals surface area contributed by atoms with Gasteiger partial charge in [0.2, 0.25) is 0 Å². The highest BCUT2D eigenvalue weighted by molar-refractivity contribution is 5.14. The monoisotopic (exact) mass is 325 g/mol. The Morgan fingerprint density at radius 1 is 0.682 bits per heavy atom. The molecule has 1 N–H and O–H groups in total. The molecule has 1 aromatic carbocycles. The summed E-state index contributed by atoms with van der Waals surface area (Å²) in [5, 5.41) is 0. The van der Waals surface area contributed by atoms with E-state index in [1.165, 1.54) is 83.0 Å². The van der Waals surface area contributed by atoms with Crippen molar-refractivity contribution in [2.24, 2.45) is 0 Å². The average Bonchev–Trinajstić information content (AvgIpc) is 2.51. The summed E-state index contributed by atoms with van der Waals surface area (Å²) in [5.41, 5.74) is 1.50. The van der Waals surface area contributed by atoms with Gasteiger partial charge in [-0.2, -0.15) is 0 Å². The van der Waals surface area contributed by atoms with Crippen LogP contribution in [-0.2, 0) is 6.42 Å². The van der Waals surface area contributed by atoms with Crippen LogP contribution in [0.5, 0.6) is 0 Å². The molecule has 2 heteroatoms. The molecule has 0 unspecified atom stereocenters. The van der Waals surface area contributed by atoms with Gasteiger partial charge in [-0.1, -0.05) is 63.4 Å². The molecule has 22 heavy (non-hydrogen) atoms. The predicted molar refractivity (Wildman–Crippen MR) is 94.0 cm³/mol. The Labute approximate surface area is 144 Å². The van der Waals surface area contributed by atoms with Crippen molar-refractivity contribution in [1.29, 1.82) is 0 Å². The summed E-state index contributed by atoms with van der Waals surface area (Å²) in [6.45, 7) is 8.74. The largest absolute Gasteiger partial charge is 1.00 e. The second-order valence-corrected chi connectivity index (χ2v) is 6.36. The zero-order valence-electron chi connectivity index (χ0n) is 14.7. The first-order valence-electron chi connectivity index (χ1n) is 9.24. The maximum Gasteiger partial charge on any atom is 0.0770 e. The van der Waals surface area contributed by atoms with Gasteiger partial charge in [0.1, 0.15) is 0 Å². The smallest absolute Gasteiger partial charge is 0.0770 e. The molecule has 0 spiro atoms. The first-order valence-corrected chi connectivity index (χ1v) is 9.24. The van der Waals surface area contributed by atoms with Crippen molar-refractivity contribution in [3.63, 3.8) is 0 Å². The molecule has 0 aliphatic rings. The van der Waals surface area contributed by atoms with E-state index >= 15 is 0 Å². The van der Waals surface area contributed by atoms with Crippen LogP contribution >= 0.6 is 0 Å². The number of benzene rings is 1. The van der Waals surface area contributed by atoms with Crippen molar-refractivity contribution >= 4 is 0 Å². The molecule has 0 atom stereocenters. The van der Waals surface area contributed by atoms with Crippen molar-refractivity contribution in [2.45, 2.75) is 71.6 Å². The van der Waals surface area contributed by atoms with Gasteiger partial charge in [0, 0.05) is 0 Å². The minimum atomic E-state index is 0. The normalized spacial score (nSPS) is 10.7. The number of halogens is 1. The molecular formula is C20H36ClN. The maximum atomic E-state index is 2.31. The summed E-state index contributed by atoms with van der Waals surface area (Å²) in [5.74, 6) is 0. The molecule has 0 aliphatic heterocycles. The Bertz CT molecular complexity index is 320. The van der Waals surface area contributed by atoms with Gasteiger partial charge < -0.3 is 17.3 Å². The SMILES string of the molecule is CCC[NH+](CCC)CCCCCCCCc1ccccc1.[Cl-]. The van der Waals surface area contributed by atoms with Crippen LogP contribution in [0.4, 0.5) is 0 Å². The first kappa shape index (κ1) is 21.5. The molecule has 0 radical (unpaired) electrons. The lowest BCUT2D eigenvalue weighted by atomic mass is 10.0. The third kappa shape index (κ3) is 11.1. The zero-order valence-corrected chi connectivity index (χ0v) is 15.5. The van der Waals surface area contributed by atoms with Crippen molar-refractivity contribution in [3.05, 3.63) is 35.9 Å². The number of hydrogen-bond acceptors (Lipinski definition) is 0. The fourth-order valence-corrected chi connectivity index (χ4v) is 3.14. The Kier molecular flexibility index (Phi) is 15.0. The van der Waals surface area contributed by atoms with Crippen molar-refractivity contribution < 1.29 is 17.3 Å². The standard InChI is InChI=1S/C20H35N.ClH/c1-3-17-21(18-4-2)19-13-8-6-5-7-10-14-20-15-11-9-12-16-20;/h9,11-12,15-16H,3-8,10,13-14,17-19H2,1-2H3;1H. The summed E-state index contributed by atoms with van der Waals surface area (Å²) >= 11 is 0. The van der Waals surface area contributed by atoms with Crippen LogP contribution < -0.4 is 17.3 Å². The van der Waals surface area contributed by atoms with Gasteiger partial charge in [0.05, 0.1) is 19.6 Å². The molecule has 1 nitrogen and oxygen atoms in total. The molecule has 0 bridgehead atoms. The van der Waals surface area contributed by atoms with E-state index in [0.29, 0.717) is 0 Å². The van der Waals surface area contributed by atoms with Gasteiger partial charge >= 0.3 is 0 Å². The topological polar surface area (TPSA) is 4.44 Å². The first-order chi connectivity index (χ1) is 10.4. The van der Waals surface area contributed by atoms with Crippen LogP contribution in [0.15, 0.2) is 30.3 Å². The van der Waals surface area contributed by atoms with Crippen molar-refractivity contribution in [3.8, 4) is 0 Å². The summed E-state index contributed by atoms with van der Waals surface area (Å²) in [6.07, 6.45) is 12.4. The van der Waals surface area contributed by atoms with Gasteiger partial charge in [-0.15, -0.1) is 0 Å². The van der Waals surface area contributed by atoms with E-state index in [1.54, 1.807) is 0 Å². The Balaban J connectivity index is 0.00000441. The van der Waals surface area contributed by atoms with E-state index < -0.39 is 0 Å². The van der Waals surface area contributed by atoms with E-state index in [1.807, 2.05) is 4.90 Å². The van der Waals surface area contributed by atoms with Crippen LogP contribution in [0.2, 0.25) is 0 Å². The molecule has 0 heterocycles. The Morgan fingerprint density at radius 2 is 1.23 bits per heavy atom. The van der Waals surface area contributed by atoms with Gasteiger partial charge in [0.25, 0.3) is 0 Å². The van der Waals surface area contributed by atoms with E-state index in [-0.39, 0.29) is 12.4 Å². The van der Waals surface area contributed by atoms with E-state index in [4.69, 9.17) is 0 Å². The highest BCUT2D eigenvalue weighted by Crippen LogP contribution is 2.09. The predicted octanol–water partition coefficient (Wildman–Crippen LogP) is 1.28. The molecule has 0 aromatic heterocycles. The van der Waals surface area contributed by atoms with Crippen LogP contribution in [0.3, 0.4) is 0 Å². The van der Waals surface area contributed by atoms with Gasteiger partial charge in [0.15, 0.2) is 0 Å². The highest BCUT2D eigenvalue weighted by atomic mass is 35.5. The summed E-state index contributed by atoms with van der Waals surface area (Å²) in [4.78, 5) is 1.82. The minimum Gasteiger partial charge on any atom is -1.00 e. The second kappa shape index (κ2) is 15.4. The molecule has 0 saturated carbocycles. The molecule has 0 fully saturated rings. The number of hydrogen-bond donors (Lipinski definition) is 1. The Morgan fingerprint density at radius 3 is 1.82 bits per heavy atom. The lowest BCUT2D eigenvalue weighted by Gasteiger charge is -2.17. The lowest BCUT2D eigenvalue weighted by Crippen LogP contribution is -3.12. The van der Waals surface area contributed by atoms with Gasteiger partial charge in [-0.25, -0.2) is 0 Å². The van der Waals surface area contributed by atoms with E-state index in [2.05, 4.69) is 44.2 Å². The fraction of sp³-hybridized carbons (Fsp3) is 0.700. The number of unbranched alkanes of at least 4 members (excludes halogenated alkanes) is 5. The highest BCUT2D eigenvalue weighted by Gasteiger charge is 2.04. The summed E-state index contributed by atoms with van der Waals surface area (Å²) in [6, 6.07) is 10.9. The van der Waals surface area contributed by atoms with Crippen LogP contribution in [0.1, 0.15) is 70.8 Å². The number of rotatable bonds is 13. The molecule has 128 valence electrons. The third-order valence-electron chi connectivity index (χ3n) is 4.30. The number of aryl methyl sites for hydroxylation is 1. The fourth-order valence-electron chi connectivity index (χ4n) is 3.14. The quantitative estimate of drug-likeness (QED) is 0.521. The minimum absolute atomic E-state index is 0. The van der Waals surface area contributed by atoms with Crippen molar-refractivity contribution in [2.75, 3.05) is 19.6 Å². The average molecular weight is 326 g/mol. The number of nitrogens with one attached hydrogen (secondary N) is 1. The summed E-state index contributed by atoms with van der Waals surface area (Å²) < 4.78 is 0. The molecule has 0 amide bonds. The Hall–Kier alpha value is -0.530. The molecule has 0 aliphatic carbocycles. The molecule has 0 saturated heterocycles. The molecule has 1 aromatic rings. The second-order valence-electron chi connectivity index (χ2n) is 6.36. The van der Waals surface area contributed by atoms with Crippen LogP contribution in [0, 0.1) is 0 Å². The molecule has 1 rings (SSSR count). The van der Waals surface area contributed by atoms with Crippen LogP contribution in [0.25, 0.3) is 0 Å². The number of quaternary nitrogens is 1. The van der Waals surface area contributed by atoms with Crippen molar-refractivity contribution in [1.82, 2.24) is 0 Å². The van der Waals surface area contributed by atoms with E-state index in [9.17, 15) is 0 Å². The third-order valence-corrected chi connectivity index (χ3v) is 4.30. The maximum absolute atomic E-state index is 2.31. The molecular weight excluding hydrogens is 290 g/mol. The van der Waals surface area contributed by atoms with Gasteiger partial charge in [-0.3, -0.25) is 0 Å². The lowest BCUT2D eigenvalue weighted by molar-refractivity contribution is -0.900. The zero-order chi connectivity index (χ0) is 15.2. The van der Waals surface area contributed by atoms with E-state index in [0.717, 1.165) is 0 Å². The summed E-state index contributed by atoms with van der Waals surface area (Å²) in [7, 11) is 0. The van der Waals surface area contributed by atoms with Gasteiger partial charge in [-0.05, 0) is 44.1 Å². The van der Waals surface area contributed by atoms with Crippen LogP contribution in [-0.4, -0.2) is 19.6 Å².